The first-order chi connectivity index (χ1) is 5.52. The van der Waals surface area contributed by atoms with Gasteiger partial charge >= 0.3 is 0 Å². The van der Waals surface area contributed by atoms with Gasteiger partial charge < -0.3 is 0 Å². The maximum Gasteiger partial charge on any atom is 0.0342 e. The summed E-state index contributed by atoms with van der Waals surface area (Å²) in [4.78, 5) is 2.59. The van der Waals surface area contributed by atoms with Crippen molar-refractivity contribution in [3.05, 3.63) is 11.8 Å². The highest BCUT2D eigenvalue weighted by Crippen LogP contribution is 2.27. The molecule has 0 amide bonds. The van der Waals surface area contributed by atoms with Crippen molar-refractivity contribution in [2.24, 2.45) is 0 Å². The van der Waals surface area contributed by atoms with Gasteiger partial charge in [-0.15, -0.1) is 6.58 Å². The third-order valence-electron chi connectivity index (χ3n) is 2.78. The van der Waals surface area contributed by atoms with Gasteiger partial charge in [0.1, 0.15) is 0 Å². The molecule has 12 heavy (non-hydrogen) atoms. The SMILES string of the molecule is C=C([SiH3])CN1CCCCC1(C)C. The van der Waals surface area contributed by atoms with E-state index in [1.54, 1.807) is 0 Å². The third kappa shape index (κ3) is 2.46. The average molecular weight is 183 g/mol. The van der Waals surface area contributed by atoms with Crippen LogP contribution in [0, 0.1) is 0 Å². The Bertz CT molecular complexity index is 175. The lowest BCUT2D eigenvalue weighted by Gasteiger charge is -2.42. The van der Waals surface area contributed by atoms with E-state index in [1.807, 2.05) is 0 Å². The molecule has 0 aliphatic carbocycles. The minimum absolute atomic E-state index is 0.422. The van der Waals surface area contributed by atoms with Crippen LogP contribution < -0.4 is 0 Å². The molecule has 0 spiro atoms. The van der Waals surface area contributed by atoms with E-state index < -0.39 is 0 Å². The molecular weight excluding hydrogens is 162 g/mol. The molecule has 70 valence electrons. The monoisotopic (exact) mass is 183 g/mol. The molecule has 1 nitrogen and oxygen atoms in total. The van der Waals surface area contributed by atoms with Crippen molar-refractivity contribution >= 4 is 10.2 Å². The largest absolute Gasteiger partial charge is 0.295 e. The Balaban J connectivity index is 2.54. The summed E-state index contributed by atoms with van der Waals surface area (Å²) in [5.74, 6) is 0. The molecule has 0 aromatic heterocycles. The Labute approximate surface area is 79.3 Å². The molecule has 0 radical (unpaired) electrons. The molecule has 1 aliphatic rings. The minimum atomic E-state index is 0.422. The number of hydrogen-bond donors (Lipinski definition) is 0. The number of piperidine rings is 1. The average Bonchev–Trinajstić information content (AvgIpc) is 1.92. The lowest BCUT2D eigenvalue weighted by atomic mass is 9.90. The standard InChI is InChI=1S/C10H21NSi/c1-9(12)8-11-7-5-4-6-10(11,2)3/h1,4-8H2,2-3,12H3. The zero-order chi connectivity index (χ0) is 9.19. The van der Waals surface area contributed by atoms with Crippen molar-refractivity contribution in [3.8, 4) is 0 Å². The van der Waals surface area contributed by atoms with Gasteiger partial charge in [0, 0.05) is 22.3 Å². The number of hydrogen-bond acceptors (Lipinski definition) is 1. The van der Waals surface area contributed by atoms with Gasteiger partial charge in [-0.1, -0.05) is 11.6 Å². The van der Waals surface area contributed by atoms with Crippen LogP contribution in [0.2, 0.25) is 0 Å². The first-order valence-electron chi connectivity index (χ1n) is 4.92. The van der Waals surface area contributed by atoms with Crippen LogP contribution in [-0.2, 0) is 0 Å². The predicted molar refractivity (Wildman–Crippen MR) is 58.6 cm³/mol. The summed E-state index contributed by atoms with van der Waals surface area (Å²) in [5.41, 5.74) is 0.422. The van der Waals surface area contributed by atoms with Gasteiger partial charge in [0.25, 0.3) is 0 Å². The Morgan fingerprint density at radius 1 is 1.50 bits per heavy atom. The maximum absolute atomic E-state index is 4.03. The normalized spacial score (nSPS) is 24.2. The Kier molecular flexibility index (Phi) is 3.13. The maximum atomic E-state index is 4.03. The second-order valence-corrected chi connectivity index (χ2v) is 6.06. The Morgan fingerprint density at radius 2 is 2.17 bits per heavy atom. The van der Waals surface area contributed by atoms with E-state index in [2.05, 4.69) is 25.3 Å². The van der Waals surface area contributed by atoms with Crippen LogP contribution in [0.4, 0.5) is 0 Å². The highest BCUT2D eigenvalue weighted by molar-refractivity contribution is 6.21. The van der Waals surface area contributed by atoms with E-state index in [-0.39, 0.29) is 0 Å². The molecule has 0 saturated carbocycles. The van der Waals surface area contributed by atoms with Gasteiger partial charge in [0.05, 0.1) is 0 Å². The molecule has 1 fully saturated rings. The summed E-state index contributed by atoms with van der Waals surface area (Å²) in [7, 11) is 1.15. The molecule has 0 unspecified atom stereocenters. The number of rotatable bonds is 2. The first kappa shape index (κ1) is 10.0. The lowest BCUT2D eigenvalue weighted by molar-refractivity contribution is 0.0895. The summed E-state index contributed by atoms with van der Waals surface area (Å²) in [5, 5.41) is 1.42. The minimum Gasteiger partial charge on any atom is -0.295 e. The van der Waals surface area contributed by atoms with Crippen LogP contribution in [0.1, 0.15) is 33.1 Å². The molecular formula is C10H21NSi. The second kappa shape index (κ2) is 3.75. The van der Waals surface area contributed by atoms with E-state index in [0.29, 0.717) is 5.54 Å². The van der Waals surface area contributed by atoms with E-state index in [1.165, 1.54) is 31.0 Å². The van der Waals surface area contributed by atoms with Crippen molar-refractivity contribution in [1.82, 2.24) is 4.90 Å². The third-order valence-corrected chi connectivity index (χ3v) is 3.10. The number of nitrogens with zero attached hydrogens (tertiary/aromatic N) is 1. The molecule has 1 saturated heterocycles. The van der Waals surface area contributed by atoms with Crippen molar-refractivity contribution < 1.29 is 0 Å². The summed E-state index contributed by atoms with van der Waals surface area (Å²) in [6.07, 6.45) is 4.12. The summed E-state index contributed by atoms with van der Waals surface area (Å²) in [6, 6.07) is 0. The molecule has 1 heterocycles. The lowest BCUT2D eigenvalue weighted by Crippen LogP contribution is -2.48. The van der Waals surface area contributed by atoms with Crippen molar-refractivity contribution in [2.45, 2.75) is 38.6 Å². The first-order valence-corrected chi connectivity index (χ1v) is 5.92. The van der Waals surface area contributed by atoms with Gasteiger partial charge in [-0.3, -0.25) is 4.90 Å². The van der Waals surface area contributed by atoms with Crippen LogP contribution in [0.5, 0.6) is 0 Å². The molecule has 1 rings (SSSR count). The highest BCUT2D eigenvalue weighted by Gasteiger charge is 2.28. The van der Waals surface area contributed by atoms with Crippen LogP contribution in [0.15, 0.2) is 11.8 Å². The highest BCUT2D eigenvalue weighted by atomic mass is 28.1. The molecule has 0 bridgehead atoms. The van der Waals surface area contributed by atoms with Gasteiger partial charge in [-0.25, -0.2) is 0 Å². The molecule has 0 atom stereocenters. The van der Waals surface area contributed by atoms with E-state index in [9.17, 15) is 0 Å². The predicted octanol–water partition coefficient (Wildman–Crippen LogP) is 1.13. The van der Waals surface area contributed by atoms with E-state index in [4.69, 9.17) is 0 Å². The zero-order valence-electron chi connectivity index (χ0n) is 8.69. The van der Waals surface area contributed by atoms with Crippen molar-refractivity contribution in [2.75, 3.05) is 13.1 Å². The fourth-order valence-corrected chi connectivity index (χ4v) is 2.32. The smallest absolute Gasteiger partial charge is 0.0342 e. The van der Waals surface area contributed by atoms with E-state index in [0.717, 1.165) is 16.8 Å². The van der Waals surface area contributed by atoms with Gasteiger partial charge in [-0.2, -0.15) is 0 Å². The molecule has 0 aromatic rings. The van der Waals surface area contributed by atoms with Gasteiger partial charge in [-0.05, 0) is 33.2 Å². The fraction of sp³-hybridized carbons (Fsp3) is 0.800. The van der Waals surface area contributed by atoms with Crippen LogP contribution in [0.25, 0.3) is 0 Å². The van der Waals surface area contributed by atoms with Gasteiger partial charge in [0.15, 0.2) is 0 Å². The van der Waals surface area contributed by atoms with Crippen LogP contribution in [-0.4, -0.2) is 33.8 Å². The van der Waals surface area contributed by atoms with Crippen molar-refractivity contribution in [1.29, 1.82) is 0 Å². The van der Waals surface area contributed by atoms with E-state index >= 15 is 0 Å². The van der Waals surface area contributed by atoms with Crippen LogP contribution in [0.3, 0.4) is 0 Å². The Hall–Kier alpha value is -0.0831. The zero-order valence-corrected chi connectivity index (χ0v) is 10.7. The van der Waals surface area contributed by atoms with Crippen molar-refractivity contribution in [3.63, 3.8) is 0 Å². The Morgan fingerprint density at radius 3 is 2.67 bits per heavy atom. The molecule has 2 heteroatoms. The fourth-order valence-electron chi connectivity index (χ4n) is 1.94. The second-order valence-electron chi connectivity index (χ2n) is 4.65. The van der Waals surface area contributed by atoms with Crippen LogP contribution >= 0.6 is 0 Å². The molecule has 0 N–H and O–H groups in total. The summed E-state index contributed by atoms with van der Waals surface area (Å²) < 4.78 is 0. The molecule has 0 aromatic carbocycles. The topological polar surface area (TPSA) is 3.24 Å². The summed E-state index contributed by atoms with van der Waals surface area (Å²) >= 11 is 0. The molecule has 1 aliphatic heterocycles. The summed E-state index contributed by atoms with van der Waals surface area (Å²) in [6.45, 7) is 11.2. The quantitative estimate of drug-likeness (QED) is 0.580. The number of likely N-dealkylation sites (tertiary alicyclic amines) is 1. The van der Waals surface area contributed by atoms with Gasteiger partial charge in [0.2, 0.25) is 0 Å².